The van der Waals surface area contributed by atoms with E-state index in [9.17, 15) is 0 Å². The molecule has 0 aliphatic rings. The summed E-state index contributed by atoms with van der Waals surface area (Å²) in [5.74, 6) is 0.854. The molecule has 0 radical (unpaired) electrons. The van der Waals surface area contributed by atoms with Gasteiger partial charge in [-0.25, -0.2) is 9.67 Å². The third kappa shape index (κ3) is 2.56. The van der Waals surface area contributed by atoms with Crippen molar-refractivity contribution < 1.29 is 0 Å². The van der Waals surface area contributed by atoms with Crippen LogP contribution in [-0.4, -0.2) is 21.8 Å². The summed E-state index contributed by atoms with van der Waals surface area (Å²) in [7, 11) is 1.94. The van der Waals surface area contributed by atoms with Crippen molar-refractivity contribution in [1.29, 1.82) is 0 Å². The van der Waals surface area contributed by atoms with Crippen LogP contribution in [0.25, 0.3) is 5.82 Å². The molecule has 0 aliphatic heterocycles. The van der Waals surface area contributed by atoms with E-state index in [0.717, 1.165) is 23.3 Å². The molecule has 17 heavy (non-hydrogen) atoms. The van der Waals surface area contributed by atoms with E-state index >= 15 is 0 Å². The van der Waals surface area contributed by atoms with Crippen molar-refractivity contribution in [3.05, 3.63) is 40.3 Å². The summed E-state index contributed by atoms with van der Waals surface area (Å²) in [5.41, 5.74) is 2.42. The molecule has 2 aromatic heterocycles. The first-order valence-corrected chi connectivity index (χ1v) is 6.37. The number of nitrogens with one attached hydrogen (secondary N) is 1. The summed E-state index contributed by atoms with van der Waals surface area (Å²) in [5, 5.41) is 7.56. The van der Waals surface area contributed by atoms with Gasteiger partial charge in [-0.05, 0) is 41.5 Å². The Balaban J connectivity index is 2.41. The largest absolute Gasteiger partial charge is 0.316 e. The third-order valence-electron chi connectivity index (χ3n) is 2.59. The molecule has 0 fully saturated rings. The SMILES string of the molecule is CCc1c(CNC)cnn1-c1ccc(Br)cn1. The lowest BCUT2D eigenvalue weighted by Gasteiger charge is -2.06. The first kappa shape index (κ1) is 12.3. The van der Waals surface area contributed by atoms with E-state index in [1.54, 1.807) is 6.20 Å². The lowest BCUT2D eigenvalue weighted by molar-refractivity contribution is 0.766. The summed E-state index contributed by atoms with van der Waals surface area (Å²) >= 11 is 3.38. The van der Waals surface area contributed by atoms with E-state index in [-0.39, 0.29) is 0 Å². The zero-order chi connectivity index (χ0) is 12.3. The quantitative estimate of drug-likeness (QED) is 0.941. The molecule has 90 valence electrons. The van der Waals surface area contributed by atoms with Crippen LogP contribution in [0.5, 0.6) is 0 Å². The number of rotatable bonds is 4. The van der Waals surface area contributed by atoms with Gasteiger partial charge in [0, 0.05) is 22.8 Å². The molecule has 0 spiro atoms. The molecule has 5 heteroatoms. The Morgan fingerprint density at radius 2 is 2.18 bits per heavy atom. The van der Waals surface area contributed by atoms with Gasteiger partial charge in [-0.3, -0.25) is 0 Å². The van der Waals surface area contributed by atoms with Crippen molar-refractivity contribution in [3.63, 3.8) is 0 Å². The fourth-order valence-electron chi connectivity index (χ4n) is 1.81. The Morgan fingerprint density at radius 1 is 1.35 bits per heavy atom. The predicted octanol–water partition coefficient (Wildman–Crippen LogP) is 2.31. The molecule has 4 nitrogen and oxygen atoms in total. The molecule has 2 aromatic rings. The van der Waals surface area contributed by atoms with Crippen molar-refractivity contribution in [2.24, 2.45) is 0 Å². The van der Waals surface area contributed by atoms with E-state index in [2.05, 4.69) is 38.3 Å². The van der Waals surface area contributed by atoms with Gasteiger partial charge in [0.15, 0.2) is 5.82 Å². The van der Waals surface area contributed by atoms with Crippen molar-refractivity contribution >= 4 is 15.9 Å². The number of pyridine rings is 1. The number of hydrogen-bond donors (Lipinski definition) is 1. The second-order valence-electron chi connectivity index (χ2n) is 3.75. The first-order valence-electron chi connectivity index (χ1n) is 5.58. The van der Waals surface area contributed by atoms with Gasteiger partial charge in [-0.1, -0.05) is 6.92 Å². The molecule has 0 aromatic carbocycles. The zero-order valence-corrected chi connectivity index (χ0v) is 11.5. The molecule has 0 atom stereocenters. The molecule has 0 aliphatic carbocycles. The Kier molecular flexibility index (Phi) is 3.91. The Labute approximate surface area is 109 Å². The maximum Gasteiger partial charge on any atom is 0.153 e. The maximum absolute atomic E-state index is 4.40. The van der Waals surface area contributed by atoms with Crippen LogP contribution in [0.4, 0.5) is 0 Å². The smallest absolute Gasteiger partial charge is 0.153 e. The normalized spacial score (nSPS) is 10.8. The van der Waals surface area contributed by atoms with Crippen LogP contribution in [0, 0.1) is 0 Å². The van der Waals surface area contributed by atoms with Gasteiger partial charge in [0.25, 0.3) is 0 Å². The molecule has 0 bridgehead atoms. The van der Waals surface area contributed by atoms with Gasteiger partial charge >= 0.3 is 0 Å². The van der Waals surface area contributed by atoms with Gasteiger partial charge in [0.2, 0.25) is 0 Å². The van der Waals surface area contributed by atoms with Gasteiger partial charge in [0.05, 0.1) is 11.9 Å². The Bertz CT molecular complexity index is 490. The molecular formula is C12H15BrN4. The van der Waals surface area contributed by atoms with Gasteiger partial charge in [-0.15, -0.1) is 0 Å². The lowest BCUT2D eigenvalue weighted by Crippen LogP contribution is -2.09. The number of hydrogen-bond acceptors (Lipinski definition) is 3. The minimum Gasteiger partial charge on any atom is -0.316 e. The van der Waals surface area contributed by atoms with E-state index < -0.39 is 0 Å². The monoisotopic (exact) mass is 294 g/mol. The summed E-state index contributed by atoms with van der Waals surface area (Å²) in [4.78, 5) is 4.36. The molecule has 2 heterocycles. The molecule has 0 saturated heterocycles. The number of aromatic nitrogens is 3. The van der Waals surface area contributed by atoms with E-state index in [4.69, 9.17) is 0 Å². The van der Waals surface area contributed by atoms with Crippen molar-refractivity contribution in [2.75, 3.05) is 7.05 Å². The predicted molar refractivity (Wildman–Crippen MR) is 71.2 cm³/mol. The van der Waals surface area contributed by atoms with Crippen molar-refractivity contribution in [1.82, 2.24) is 20.1 Å². The van der Waals surface area contributed by atoms with Crippen LogP contribution in [0.1, 0.15) is 18.2 Å². The minimum atomic E-state index is 0.833. The fraction of sp³-hybridized carbons (Fsp3) is 0.333. The lowest BCUT2D eigenvalue weighted by atomic mass is 10.2. The topological polar surface area (TPSA) is 42.7 Å². The molecule has 0 saturated carbocycles. The van der Waals surface area contributed by atoms with Gasteiger partial charge in [0.1, 0.15) is 0 Å². The van der Waals surface area contributed by atoms with E-state index in [1.807, 2.05) is 30.1 Å². The number of nitrogens with zero attached hydrogens (tertiary/aromatic N) is 3. The highest BCUT2D eigenvalue weighted by Gasteiger charge is 2.10. The van der Waals surface area contributed by atoms with Crippen LogP contribution >= 0.6 is 15.9 Å². The molecule has 1 N–H and O–H groups in total. The maximum atomic E-state index is 4.40. The highest BCUT2D eigenvalue weighted by molar-refractivity contribution is 9.10. The fourth-order valence-corrected chi connectivity index (χ4v) is 2.05. The Morgan fingerprint density at radius 3 is 2.76 bits per heavy atom. The molecule has 0 amide bonds. The minimum absolute atomic E-state index is 0.833. The molecule has 2 rings (SSSR count). The molecule has 0 unspecified atom stereocenters. The number of halogens is 1. The highest BCUT2D eigenvalue weighted by atomic mass is 79.9. The molecular weight excluding hydrogens is 280 g/mol. The first-order chi connectivity index (χ1) is 8.26. The summed E-state index contributed by atoms with van der Waals surface area (Å²) in [6, 6.07) is 3.93. The van der Waals surface area contributed by atoms with Crippen LogP contribution in [0.3, 0.4) is 0 Å². The van der Waals surface area contributed by atoms with Crippen LogP contribution in [0.2, 0.25) is 0 Å². The van der Waals surface area contributed by atoms with Crippen LogP contribution < -0.4 is 5.32 Å². The van der Waals surface area contributed by atoms with Crippen LogP contribution in [-0.2, 0) is 13.0 Å². The second kappa shape index (κ2) is 5.42. The van der Waals surface area contributed by atoms with Crippen molar-refractivity contribution in [2.45, 2.75) is 19.9 Å². The zero-order valence-electron chi connectivity index (χ0n) is 9.94. The van der Waals surface area contributed by atoms with Crippen molar-refractivity contribution in [3.8, 4) is 5.82 Å². The summed E-state index contributed by atoms with van der Waals surface area (Å²) in [6.45, 7) is 2.96. The highest BCUT2D eigenvalue weighted by Crippen LogP contribution is 2.16. The van der Waals surface area contributed by atoms with E-state index in [0.29, 0.717) is 0 Å². The second-order valence-corrected chi connectivity index (χ2v) is 4.66. The van der Waals surface area contributed by atoms with Gasteiger partial charge < -0.3 is 5.32 Å². The third-order valence-corrected chi connectivity index (χ3v) is 3.06. The van der Waals surface area contributed by atoms with Gasteiger partial charge in [-0.2, -0.15) is 5.10 Å². The summed E-state index contributed by atoms with van der Waals surface area (Å²) in [6.07, 6.45) is 4.63. The van der Waals surface area contributed by atoms with Crippen LogP contribution in [0.15, 0.2) is 29.0 Å². The average Bonchev–Trinajstić information content (AvgIpc) is 2.73. The summed E-state index contributed by atoms with van der Waals surface area (Å²) < 4.78 is 2.88. The average molecular weight is 295 g/mol. The Hall–Kier alpha value is -1.20. The standard InChI is InChI=1S/C12H15BrN4/c1-3-11-9(6-14-2)7-16-17(11)12-5-4-10(13)8-15-12/h4-5,7-8,14H,3,6H2,1-2H3. The van der Waals surface area contributed by atoms with E-state index in [1.165, 1.54) is 11.3 Å².